The Kier molecular flexibility index (Phi) is 3.96. The van der Waals surface area contributed by atoms with E-state index in [2.05, 4.69) is 0 Å². The average Bonchev–Trinajstić information content (AvgIpc) is 2.65. The predicted molar refractivity (Wildman–Crippen MR) is 54.4 cm³/mol. The third kappa shape index (κ3) is 2.98. The summed E-state index contributed by atoms with van der Waals surface area (Å²) in [5, 5.41) is 0. The van der Waals surface area contributed by atoms with Crippen molar-refractivity contribution in [1.29, 1.82) is 0 Å². The molecule has 0 aliphatic rings. The van der Waals surface area contributed by atoms with Crippen LogP contribution in [0.15, 0.2) is 12.1 Å². The lowest BCUT2D eigenvalue weighted by molar-refractivity contribution is -0.144. The maximum absolute atomic E-state index is 12.3. The molecule has 0 saturated carbocycles. The van der Waals surface area contributed by atoms with Crippen LogP contribution in [0, 0.1) is 0 Å². The van der Waals surface area contributed by atoms with Crippen molar-refractivity contribution in [3.8, 4) is 0 Å². The number of alkyl halides is 3. The van der Waals surface area contributed by atoms with Crippen molar-refractivity contribution in [1.82, 2.24) is 0 Å². The van der Waals surface area contributed by atoms with Gasteiger partial charge in [0.25, 0.3) is 0 Å². The first-order valence-corrected chi connectivity index (χ1v) is 5.51. The smallest absolute Gasteiger partial charge is 0.425 e. The first kappa shape index (κ1) is 13.0. The van der Waals surface area contributed by atoms with E-state index >= 15 is 0 Å². The van der Waals surface area contributed by atoms with Gasteiger partial charge in [0.2, 0.25) is 0 Å². The molecule has 2 nitrogen and oxygen atoms in total. The molecule has 1 heterocycles. The van der Waals surface area contributed by atoms with Gasteiger partial charge in [0.15, 0.2) is 0 Å². The first-order chi connectivity index (χ1) is 7.36. The van der Waals surface area contributed by atoms with Crippen molar-refractivity contribution < 1.29 is 22.7 Å². The fraction of sp³-hybridized carbons (Fsp3) is 0.500. The van der Waals surface area contributed by atoms with Gasteiger partial charge in [0, 0.05) is 4.88 Å². The fourth-order valence-corrected chi connectivity index (χ4v) is 2.04. The van der Waals surface area contributed by atoms with Crippen molar-refractivity contribution in [2.24, 2.45) is 0 Å². The second kappa shape index (κ2) is 4.86. The molecule has 0 radical (unpaired) electrons. The Morgan fingerprint density at radius 3 is 2.56 bits per heavy atom. The van der Waals surface area contributed by atoms with Gasteiger partial charge in [0.05, 0.1) is 12.5 Å². The topological polar surface area (TPSA) is 26.3 Å². The highest BCUT2D eigenvalue weighted by Crippen LogP contribution is 2.37. The Bertz CT molecular complexity index is 370. The number of ether oxygens (including phenoxy) is 1. The minimum Gasteiger partial charge on any atom is -0.466 e. The zero-order valence-corrected chi connectivity index (χ0v) is 9.61. The lowest BCUT2D eigenvalue weighted by atomic mass is 10.1. The van der Waals surface area contributed by atoms with Gasteiger partial charge in [-0.15, -0.1) is 11.3 Å². The van der Waals surface area contributed by atoms with E-state index in [0.717, 1.165) is 6.07 Å². The van der Waals surface area contributed by atoms with Gasteiger partial charge < -0.3 is 4.74 Å². The molecule has 0 amide bonds. The largest absolute Gasteiger partial charge is 0.466 e. The van der Waals surface area contributed by atoms with Crippen molar-refractivity contribution in [2.75, 3.05) is 6.61 Å². The second-order valence-electron chi connectivity index (χ2n) is 3.17. The monoisotopic (exact) mass is 252 g/mol. The molecule has 0 bridgehead atoms. The van der Waals surface area contributed by atoms with E-state index in [1.165, 1.54) is 13.0 Å². The third-order valence-corrected chi connectivity index (χ3v) is 3.29. The normalized spacial score (nSPS) is 13.6. The van der Waals surface area contributed by atoms with Gasteiger partial charge in [0.1, 0.15) is 4.88 Å². The van der Waals surface area contributed by atoms with Crippen LogP contribution in [0.25, 0.3) is 0 Å². The lowest BCUT2D eigenvalue weighted by Crippen LogP contribution is -2.11. The Balaban J connectivity index is 2.82. The first-order valence-electron chi connectivity index (χ1n) is 4.69. The molecule has 0 saturated heterocycles. The second-order valence-corrected chi connectivity index (χ2v) is 4.29. The van der Waals surface area contributed by atoms with Crippen LogP contribution in [0.2, 0.25) is 0 Å². The molecule has 0 fully saturated rings. The van der Waals surface area contributed by atoms with E-state index in [4.69, 9.17) is 4.74 Å². The maximum Gasteiger partial charge on any atom is 0.425 e. The van der Waals surface area contributed by atoms with Crippen molar-refractivity contribution >= 4 is 17.3 Å². The van der Waals surface area contributed by atoms with Gasteiger partial charge in [-0.3, -0.25) is 4.79 Å². The summed E-state index contributed by atoms with van der Waals surface area (Å²) >= 11 is 0.576. The molecule has 0 N–H and O–H groups in total. The van der Waals surface area contributed by atoms with Gasteiger partial charge in [-0.1, -0.05) is 0 Å². The molecule has 16 heavy (non-hydrogen) atoms. The van der Waals surface area contributed by atoms with Crippen molar-refractivity contribution in [2.45, 2.75) is 25.9 Å². The number of hydrogen-bond donors (Lipinski definition) is 0. The van der Waals surface area contributed by atoms with E-state index in [1.54, 1.807) is 6.92 Å². The van der Waals surface area contributed by atoms with Crippen LogP contribution in [0.1, 0.15) is 29.5 Å². The van der Waals surface area contributed by atoms with Crippen LogP contribution in [0.3, 0.4) is 0 Å². The molecule has 0 aliphatic heterocycles. The van der Waals surface area contributed by atoms with E-state index in [1.807, 2.05) is 0 Å². The lowest BCUT2D eigenvalue weighted by Gasteiger charge is -2.08. The van der Waals surface area contributed by atoms with Crippen molar-refractivity contribution in [3.63, 3.8) is 0 Å². The van der Waals surface area contributed by atoms with Crippen LogP contribution in [0.4, 0.5) is 13.2 Å². The standard InChI is InChI=1S/C10H11F3O2S/c1-3-15-9(14)6(2)7-4-5-8(16-7)10(11,12)13/h4-6H,3H2,1-2H3. The Hall–Kier alpha value is -1.04. The van der Waals surface area contributed by atoms with Gasteiger partial charge >= 0.3 is 12.1 Å². The number of esters is 1. The molecule has 1 rings (SSSR count). The van der Waals surface area contributed by atoms with Gasteiger partial charge in [-0.2, -0.15) is 13.2 Å². The zero-order chi connectivity index (χ0) is 12.3. The van der Waals surface area contributed by atoms with E-state index in [0.29, 0.717) is 16.2 Å². The molecule has 0 spiro atoms. The minimum absolute atomic E-state index is 0.223. The highest BCUT2D eigenvalue weighted by molar-refractivity contribution is 7.12. The predicted octanol–water partition coefficient (Wildman–Crippen LogP) is 3.43. The van der Waals surface area contributed by atoms with E-state index in [-0.39, 0.29) is 6.61 Å². The SMILES string of the molecule is CCOC(=O)C(C)c1ccc(C(F)(F)F)s1. The maximum atomic E-state index is 12.3. The summed E-state index contributed by atoms with van der Waals surface area (Å²) in [5.41, 5.74) is 0. The summed E-state index contributed by atoms with van der Waals surface area (Å²) < 4.78 is 41.7. The van der Waals surface area contributed by atoms with Gasteiger partial charge in [-0.25, -0.2) is 0 Å². The van der Waals surface area contributed by atoms with E-state index in [9.17, 15) is 18.0 Å². The van der Waals surface area contributed by atoms with Gasteiger partial charge in [-0.05, 0) is 26.0 Å². The molecule has 1 aromatic rings. The van der Waals surface area contributed by atoms with Crippen LogP contribution in [0.5, 0.6) is 0 Å². The molecular weight excluding hydrogens is 241 g/mol. The molecule has 0 aliphatic carbocycles. The number of hydrogen-bond acceptors (Lipinski definition) is 3. The summed E-state index contributed by atoms with van der Waals surface area (Å²) in [6.45, 7) is 3.41. The summed E-state index contributed by atoms with van der Waals surface area (Å²) in [4.78, 5) is 11.0. The number of halogens is 3. The van der Waals surface area contributed by atoms with Crippen LogP contribution in [-0.2, 0) is 15.7 Å². The van der Waals surface area contributed by atoms with E-state index < -0.39 is 22.9 Å². The molecule has 6 heteroatoms. The average molecular weight is 252 g/mol. The molecule has 1 atom stereocenters. The number of rotatable bonds is 3. The zero-order valence-electron chi connectivity index (χ0n) is 8.80. The molecule has 90 valence electrons. The number of carbonyl (C=O) groups is 1. The van der Waals surface area contributed by atoms with Crippen LogP contribution < -0.4 is 0 Å². The highest BCUT2D eigenvalue weighted by atomic mass is 32.1. The fourth-order valence-electron chi connectivity index (χ4n) is 1.12. The minimum atomic E-state index is -4.35. The summed E-state index contributed by atoms with van der Waals surface area (Å²) in [7, 11) is 0. The Morgan fingerprint density at radius 1 is 1.50 bits per heavy atom. The van der Waals surface area contributed by atoms with Crippen molar-refractivity contribution in [3.05, 3.63) is 21.9 Å². The molecule has 1 unspecified atom stereocenters. The van der Waals surface area contributed by atoms with Crippen LogP contribution in [-0.4, -0.2) is 12.6 Å². The third-order valence-electron chi connectivity index (χ3n) is 1.97. The molecule has 1 aromatic heterocycles. The number of thiophene rings is 1. The summed E-state index contributed by atoms with van der Waals surface area (Å²) in [5.74, 6) is -1.15. The quantitative estimate of drug-likeness (QED) is 0.770. The molecular formula is C10H11F3O2S. The number of carbonyl (C=O) groups excluding carboxylic acids is 1. The Morgan fingerprint density at radius 2 is 2.12 bits per heavy atom. The Labute approximate surface area is 95.0 Å². The van der Waals surface area contributed by atoms with Crippen LogP contribution >= 0.6 is 11.3 Å². The molecule has 0 aromatic carbocycles. The highest BCUT2D eigenvalue weighted by Gasteiger charge is 2.33. The summed E-state index contributed by atoms with van der Waals surface area (Å²) in [6.07, 6.45) is -4.35. The summed E-state index contributed by atoms with van der Waals surface area (Å²) in [6, 6.07) is 2.30.